The largest absolute Gasteiger partial charge is 0.444 e. The highest BCUT2D eigenvalue weighted by Gasteiger charge is 2.26. The Bertz CT molecular complexity index is 537. The number of carbonyl (C=O) groups is 1. The standard InChI is InChI=1S/C16H22BrClN2O2/c1-16(2,3)22-15(21)20-8-6-12(7-9-20)19-14-10-11(17)4-5-13(14)18/h4-5,10,12,19H,6-9H2,1-3H3. The number of hydrogen-bond acceptors (Lipinski definition) is 3. The molecule has 1 aromatic rings. The number of halogens is 2. The van der Waals surface area contributed by atoms with Gasteiger partial charge in [0.15, 0.2) is 0 Å². The van der Waals surface area contributed by atoms with Gasteiger partial charge in [-0.05, 0) is 51.8 Å². The fourth-order valence-corrected chi connectivity index (χ4v) is 2.89. The number of amides is 1. The molecule has 0 spiro atoms. The summed E-state index contributed by atoms with van der Waals surface area (Å²) in [5, 5.41) is 4.16. The molecule has 1 amide bonds. The van der Waals surface area contributed by atoms with Crippen LogP contribution in [0.25, 0.3) is 0 Å². The lowest BCUT2D eigenvalue weighted by Crippen LogP contribution is -2.44. The average Bonchev–Trinajstić information content (AvgIpc) is 2.42. The number of anilines is 1. The summed E-state index contributed by atoms with van der Waals surface area (Å²) in [6.07, 6.45) is 1.52. The number of benzene rings is 1. The highest BCUT2D eigenvalue weighted by molar-refractivity contribution is 9.10. The number of ether oxygens (including phenoxy) is 1. The first-order valence-corrected chi connectivity index (χ1v) is 8.61. The zero-order valence-electron chi connectivity index (χ0n) is 13.2. The number of carbonyl (C=O) groups excluding carboxylic acids is 1. The molecule has 122 valence electrons. The molecule has 4 nitrogen and oxygen atoms in total. The van der Waals surface area contributed by atoms with Gasteiger partial charge in [0.1, 0.15) is 5.60 Å². The maximum absolute atomic E-state index is 12.0. The Morgan fingerprint density at radius 2 is 2.00 bits per heavy atom. The molecule has 1 saturated heterocycles. The van der Waals surface area contributed by atoms with Crippen LogP contribution in [0.1, 0.15) is 33.6 Å². The van der Waals surface area contributed by atoms with E-state index in [1.807, 2.05) is 39.0 Å². The van der Waals surface area contributed by atoms with E-state index >= 15 is 0 Å². The van der Waals surface area contributed by atoms with Gasteiger partial charge in [-0.1, -0.05) is 27.5 Å². The lowest BCUT2D eigenvalue weighted by atomic mass is 10.0. The van der Waals surface area contributed by atoms with Crippen LogP contribution in [0.5, 0.6) is 0 Å². The van der Waals surface area contributed by atoms with Crippen LogP contribution in [0.3, 0.4) is 0 Å². The highest BCUT2D eigenvalue weighted by atomic mass is 79.9. The minimum absolute atomic E-state index is 0.230. The topological polar surface area (TPSA) is 41.6 Å². The number of likely N-dealkylation sites (tertiary alicyclic amines) is 1. The first-order chi connectivity index (χ1) is 10.2. The maximum atomic E-state index is 12.0. The van der Waals surface area contributed by atoms with Crippen molar-refractivity contribution in [3.8, 4) is 0 Å². The molecule has 2 rings (SSSR count). The van der Waals surface area contributed by atoms with E-state index in [-0.39, 0.29) is 6.09 Å². The van der Waals surface area contributed by atoms with Crippen LogP contribution in [0.2, 0.25) is 5.02 Å². The van der Waals surface area contributed by atoms with Crippen molar-refractivity contribution in [3.05, 3.63) is 27.7 Å². The van der Waals surface area contributed by atoms with Gasteiger partial charge >= 0.3 is 6.09 Å². The number of nitrogens with one attached hydrogen (secondary N) is 1. The molecule has 22 heavy (non-hydrogen) atoms. The third-order valence-corrected chi connectivity index (χ3v) is 4.26. The molecule has 1 fully saturated rings. The molecule has 0 aliphatic carbocycles. The maximum Gasteiger partial charge on any atom is 0.410 e. The Hall–Kier alpha value is -0.940. The Morgan fingerprint density at radius 3 is 2.59 bits per heavy atom. The van der Waals surface area contributed by atoms with Crippen LogP contribution in [-0.2, 0) is 4.74 Å². The molecular formula is C16H22BrClN2O2. The van der Waals surface area contributed by atoms with Gasteiger partial charge < -0.3 is 15.0 Å². The van der Waals surface area contributed by atoms with Crippen molar-refractivity contribution in [1.82, 2.24) is 4.90 Å². The minimum atomic E-state index is -0.448. The van der Waals surface area contributed by atoms with E-state index in [1.165, 1.54) is 0 Å². The quantitative estimate of drug-likeness (QED) is 0.781. The van der Waals surface area contributed by atoms with Gasteiger partial charge in [-0.3, -0.25) is 0 Å². The fraction of sp³-hybridized carbons (Fsp3) is 0.562. The van der Waals surface area contributed by atoms with Crippen molar-refractivity contribution in [1.29, 1.82) is 0 Å². The van der Waals surface area contributed by atoms with Crippen LogP contribution in [0, 0.1) is 0 Å². The fourth-order valence-electron chi connectivity index (χ4n) is 2.36. The van der Waals surface area contributed by atoms with Gasteiger partial charge in [-0.25, -0.2) is 4.79 Å². The Morgan fingerprint density at radius 1 is 1.36 bits per heavy atom. The third kappa shape index (κ3) is 5.06. The summed E-state index contributed by atoms with van der Waals surface area (Å²) in [6.45, 7) is 7.04. The lowest BCUT2D eigenvalue weighted by molar-refractivity contribution is 0.0210. The summed E-state index contributed by atoms with van der Waals surface area (Å²) >= 11 is 9.65. The van der Waals surface area contributed by atoms with Crippen LogP contribution < -0.4 is 5.32 Å². The molecule has 0 atom stereocenters. The molecule has 1 aromatic carbocycles. The molecular weight excluding hydrogens is 368 g/mol. The second kappa shape index (κ2) is 7.09. The van der Waals surface area contributed by atoms with E-state index in [2.05, 4.69) is 21.2 Å². The molecule has 6 heteroatoms. The van der Waals surface area contributed by atoms with Crippen molar-refractivity contribution in [2.75, 3.05) is 18.4 Å². The Balaban J connectivity index is 1.87. The van der Waals surface area contributed by atoms with E-state index in [1.54, 1.807) is 4.90 Å². The van der Waals surface area contributed by atoms with Crippen molar-refractivity contribution < 1.29 is 9.53 Å². The first-order valence-electron chi connectivity index (χ1n) is 7.44. The molecule has 1 heterocycles. The zero-order chi connectivity index (χ0) is 16.3. The zero-order valence-corrected chi connectivity index (χ0v) is 15.5. The van der Waals surface area contributed by atoms with E-state index in [0.29, 0.717) is 24.2 Å². The van der Waals surface area contributed by atoms with Gasteiger partial charge in [0.05, 0.1) is 10.7 Å². The predicted octanol–water partition coefficient (Wildman–Crippen LogP) is 4.91. The van der Waals surface area contributed by atoms with Gasteiger partial charge in [-0.15, -0.1) is 0 Å². The SMILES string of the molecule is CC(C)(C)OC(=O)N1CCC(Nc2cc(Br)ccc2Cl)CC1. The molecule has 1 aliphatic rings. The highest BCUT2D eigenvalue weighted by Crippen LogP contribution is 2.28. The normalized spacial score (nSPS) is 16.5. The van der Waals surface area contributed by atoms with Crippen LogP contribution in [-0.4, -0.2) is 35.7 Å². The summed E-state index contributed by atoms with van der Waals surface area (Å²) in [6, 6.07) is 6.07. The second-order valence-corrected chi connectivity index (χ2v) is 7.83. The van der Waals surface area contributed by atoms with Crippen molar-refractivity contribution >= 4 is 39.3 Å². The summed E-state index contributed by atoms with van der Waals surface area (Å²) < 4.78 is 6.40. The molecule has 0 saturated carbocycles. The summed E-state index contributed by atoms with van der Waals surface area (Å²) in [7, 11) is 0. The van der Waals surface area contributed by atoms with Gasteiger partial charge in [0.2, 0.25) is 0 Å². The van der Waals surface area contributed by atoms with E-state index in [4.69, 9.17) is 16.3 Å². The van der Waals surface area contributed by atoms with E-state index in [0.717, 1.165) is 23.0 Å². The van der Waals surface area contributed by atoms with Crippen molar-refractivity contribution in [2.45, 2.75) is 45.3 Å². The van der Waals surface area contributed by atoms with Crippen molar-refractivity contribution in [3.63, 3.8) is 0 Å². The number of nitrogens with zero attached hydrogens (tertiary/aromatic N) is 1. The lowest BCUT2D eigenvalue weighted by Gasteiger charge is -2.34. The summed E-state index contributed by atoms with van der Waals surface area (Å²) in [5.41, 5.74) is 0.475. The Kier molecular flexibility index (Phi) is 5.61. The van der Waals surface area contributed by atoms with Crippen molar-refractivity contribution in [2.24, 2.45) is 0 Å². The molecule has 1 N–H and O–H groups in total. The third-order valence-electron chi connectivity index (χ3n) is 3.43. The molecule has 0 radical (unpaired) electrons. The number of rotatable bonds is 2. The molecule has 1 aliphatic heterocycles. The molecule has 0 bridgehead atoms. The molecule has 0 unspecified atom stereocenters. The number of hydrogen-bond donors (Lipinski definition) is 1. The monoisotopic (exact) mass is 388 g/mol. The Labute approximate surface area is 145 Å². The average molecular weight is 390 g/mol. The summed E-state index contributed by atoms with van der Waals surface area (Å²) in [5.74, 6) is 0. The predicted molar refractivity (Wildman–Crippen MR) is 93.6 cm³/mol. The van der Waals surface area contributed by atoms with E-state index in [9.17, 15) is 4.79 Å². The second-order valence-electron chi connectivity index (χ2n) is 6.51. The summed E-state index contributed by atoms with van der Waals surface area (Å²) in [4.78, 5) is 13.8. The van der Waals surface area contributed by atoms with E-state index < -0.39 is 5.60 Å². The van der Waals surface area contributed by atoms with Gasteiger partial charge in [0, 0.05) is 23.6 Å². The minimum Gasteiger partial charge on any atom is -0.444 e. The van der Waals surface area contributed by atoms with Gasteiger partial charge in [0.25, 0.3) is 0 Å². The van der Waals surface area contributed by atoms with Crippen LogP contribution in [0.15, 0.2) is 22.7 Å². The number of piperidine rings is 1. The smallest absolute Gasteiger partial charge is 0.410 e. The molecule has 0 aromatic heterocycles. The van der Waals surface area contributed by atoms with Crippen LogP contribution in [0.4, 0.5) is 10.5 Å². The first kappa shape index (κ1) is 17.4. The van der Waals surface area contributed by atoms with Crippen LogP contribution >= 0.6 is 27.5 Å². The van der Waals surface area contributed by atoms with Gasteiger partial charge in [-0.2, -0.15) is 0 Å².